The highest BCUT2D eigenvalue weighted by molar-refractivity contribution is 5.92. The zero-order chi connectivity index (χ0) is 17.2. The fraction of sp³-hybridized carbons (Fsp3) is 0.412. The van der Waals surface area contributed by atoms with Crippen molar-refractivity contribution in [1.82, 2.24) is 24.5 Å². The Labute approximate surface area is 144 Å². The quantitative estimate of drug-likeness (QED) is 0.715. The van der Waals surface area contributed by atoms with E-state index >= 15 is 0 Å². The first kappa shape index (κ1) is 15.8. The predicted molar refractivity (Wildman–Crippen MR) is 88.1 cm³/mol. The number of rotatable bonds is 3. The van der Waals surface area contributed by atoms with Gasteiger partial charge in [0, 0.05) is 31.4 Å². The Bertz CT molecular complexity index is 887. The fourth-order valence-electron chi connectivity index (χ4n) is 3.10. The van der Waals surface area contributed by atoms with Gasteiger partial charge in [0.1, 0.15) is 0 Å². The van der Waals surface area contributed by atoms with Gasteiger partial charge in [0.25, 0.3) is 5.91 Å². The highest BCUT2D eigenvalue weighted by Gasteiger charge is 2.27. The predicted octanol–water partition coefficient (Wildman–Crippen LogP) is 1.36. The van der Waals surface area contributed by atoms with Gasteiger partial charge in [-0.3, -0.25) is 4.79 Å². The molecule has 1 atom stereocenters. The lowest BCUT2D eigenvalue weighted by Crippen LogP contribution is -2.36. The zero-order valence-corrected chi connectivity index (χ0v) is 14.0. The molecule has 4 heterocycles. The Morgan fingerprint density at radius 1 is 1.36 bits per heavy atom. The van der Waals surface area contributed by atoms with Gasteiger partial charge in [-0.1, -0.05) is 0 Å². The molecule has 0 saturated carbocycles. The van der Waals surface area contributed by atoms with Crippen LogP contribution in [0.4, 0.5) is 0 Å². The van der Waals surface area contributed by atoms with E-state index in [-0.39, 0.29) is 11.8 Å². The average Bonchev–Trinajstić information content (AvgIpc) is 3.18. The van der Waals surface area contributed by atoms with Crippen molar-refractivity contribution in [3.8, 4) is 0 Å². The smallest absolute Gasteiger partial charge is 0.291 e. The number of hydrogen-bond donors (Lipinski definition) is 0. The Kier molecular flexibility index (Phi) is 4.19. The van der Waals surface area contributed by atoms with Crippen LogP contribution in [0.25, 0.3) is 5.65 Å². The molecule has 1 aliphatic heterocycles. The first-order chi connectivity index (χ1) is 12.2. The van der Waals surface area contributed by atoms with E-state index in [4.69, 9.17) is 9.15 Å². The van der Waals surface area contributed by atoms with Crippen LogP contribution >= 0.6 is 0 Å². The van der Waals surface area contributed by atoms with Crippen molar-refractivity contribution in [3.63, 3.8) is 0 Å². The minimum atomic E-state index is -0.136. The van der Waals surface area contributed by atoms with E-state index in [1.165, 1.54) is 6.39 Å². The first-order valence-corrected chi connectivity index (χ1v) is 8.27. The minimum Gasteiger partial charge on any atom is -0.438 e. The number of carbonyl (C=O) groups is 1. The summed E-state index contributed by atoms with van der Waals surface area (Å²) in [5.41, 5.74) is 2.38. The van der Waals surface area contributed by atoms with Gasteiger partial charge in [-0.15, -0.1) is 0 Å². The van der Waals surface area contributed by atoms with Crippen molar-refractivity contribution in [3.05, 3.63) is 48.1 Å². The third-order valence-corrected chi connectivity index (χ3v) is 4.37. The normalized spacial score (nSPS) is 18.4. The molecule has 130 valence electrons. The van der Waals surface area contributed by atoms with Crippen LogP contribution < -0.4 is 0 Å². The van der Waals surface area contributed by atoms with E-state index in [0.29, 0.717) is 37.8 Å². The van der Waals surface area contributed by atoms with Crippen LogP contribution in [0.1, 0.15) is 21.9 Å². The van der Waals surface area contributed by atoms with E-state index < -0.39 is 0 Å². The molecule has 0 spiro atoms. The van der Waals surface area contributed by atoms with Crippen LogP contribution in [-0.2, 0) is 11.2 Å². The van der Waals surface area contributed by atoms with E-state index in [1.54, 1.807) is 22.5 Å². The molecule has 1 amide bonds. The van der Waals surface area contributed by atoms with Crippen LogP contribution in [-0.4, -0.2) is 56.7 Å². The molecule has 0 N–H and O–H groups in total. The number of oxazole rings is 1. The highest BCUT2D eigenvalue weighted by atomic mass is 16.5. The van der Waals surface area contributed by atoms with Gasteiger partial charge in [-0.05, 0) is 25.5 Å². The highest BCUT2D eigenvalue weighted by Crippen LogP contribution is 2.16. The van der Waals surface area contributed by atoms with Gasteiger partial charge in [-0.25, -0.2) is 14.5 Å². The fourth-order valence-corrected chi connectivity index (χ4v) is 3.10. The van der Waals surface area contributed by atoms with Gasteiger partial charge in [0.15, 0.2) is 12.0 Å². The summed E-state index contributed by atoms with van der Waals surface area (Å²) in [6, 6.07) is 3.92. The molecule has 8 heteroatoms. The molecule has 4 rings (SSSR count). The Hall–Kier alpha value is -2.74. The van der Waals surface area contributed by atoms with Gasteiger partial charge in [0.05, 0.1) is 24.6 Å². The summed E-state index contributed by atoms with van der Waals surface area (Å²) in [6.45, 7) is 4.03. The maximum absolute atomic E-state index is 12.7. The number of aromatic nitrogens is 4. The average molecular weight is 341 g/mol. The van der Waals surface area contributed by atoms with Gasteiger partial charge in [0.2, 0.25) is 5.76 Å². The standard InChI is InChI=1S/C17H19N5O3/c1-12-16(25-11-19-12)17(23)21-6-7-24-10-13(9-21)8-14-2-3-15-18-4-5-22(15)20-14/h2-5,11,13H,6-10H2,1H3/t13-/m0/s1. The Balaban J connectivity index is 1.49. The number of aryl methyl sites for hydroxylation is 1. The summed E-state index contributed by atoms with van der Waals surface area (Å²) in [5.74, 6) is 0.338. The van der Waals surface area contributed by atoms with Gasteiger partial charge < -0.3 is 14.1 Å². The molecule has 1 aliphatic rings. The van der Waals surface area contributed by atoms with Crippen LogP contribution in [0.15, 0.2) is 35.3 Å². The first-order valence-electron chi connectivity index (χ1n) is 8.27. The summed E-state index contributed by atoms with van der Waals surface area (Å²) >= 11 is 0. The number of carbonyl (C=O) groups excluding carboxylic acids is 1. The lowest BCUT2D eigenvalue weighted by molar-refractivity contribution is 0.0704. The third-order valence-electron chi connectivity index (χ3n) is 4.37. The molecule has 0 radical (unpaired) electrons. The van der Waals surface area contributed by atoms with Crippen LogP contribution in [0.2, 0.25) is 0 Å². The van der Waals surface area contributed by atoms with E-state index in [2.05, 4.69) is 15.1 Å². The summed E-state index contributed by atoms with van der Waals surface area (Å²) < 4.78 is 12.7. The molecule has 25 heavy (non-hydrogen) atoms. The molecule has 0 aromatic carbocycles. The van der Waals surface area contributed by atoms with Crippen LogP contribution in [0, 0.1) is 12.8 Å². The van der Waals surface area contributed by atoms with Gasteiger partial charge in [-0.2, -0.15) is 5.10 Å². The van der Waals surface area contributed by atoms with Gasteiger partial charge >= 0.3 is 0 Å². The molecule has 1 fully saturated rings. The minimum absolute atomic E-state index is 0.136. The maximum Gasteiger partial charge on any atom is 0.291 e. The molecule has 8 nitrogen and oxygen atoms in total. The molecular formula is C17H19N5O3. The second-order valence-corrected chi connectivity index (χ2v) is 6.22. The summed E-state index contributed by atoms with van der Waals surface area (Å²) in [4.78, 5) is 22.7. The number of amides is 1. The molecule has 1 saturated heterocycles. The van der Waals surface area contributed by atoms with Crippen molar-refractivity contribution in [2.24, 2.45) is 5.92 Å². The molecular weight excluding hydrogens is 322 g/mol. The number of imidazole rings is 1. The monoisotopic (exact) mass is 341 g/mol. The van der Waals surface area contributed by atoms with E-state index in [1.807, 2.05) is 18.3 Å². The van der Waals surface area contributed by atoms with Crippen molar-refractivity contribution < 1.29 is 13.9 Å². The zero-order valence-electron chi connectivity index (χ0n) is 14.0. The number of hydrogen-bond acceptors (Lipinski definition) is 6. The molecule has 0 bridgehead atoms. The Morgan fingerprint density at radius 3 is 3.12 bits per heavy atom. The summed E-state index contributed by atoms with van der Waals surface area (Å²) in [5, 5.41) is 4.56. The molecule has 3 aromatic heterocycles. The largest absolute Gasteiger partial charge is 0.438 e. The second-order valence-electron chi connectivity index (χ2n) is 6.22. The molecule has 3 aromatic rings. The van der Waals surface area contributed by atoms with Crippen LogP contribution in [0.3, 0.4) is 0 Å². The topological polar surface area (TPSA) is 85.8 Å². The SMILES string of the molecule is Cc1ncoc1C(=O)N1CCOC[C@@H](Cc2ccc3nccn3n2)C1. The number of nitrogens with zero attached hydrogens (tertiary/aromatic N) is 5. The second kappa shape index (κ2) is 6.64. The molecule has 0 unspecified atom stereocenters. The summed E-state index contributed by atoms with van der Waals surface area (Å²) in [7, 11) is 0. The maximum atomic E-state index is 12.7. The van der Waals surface area contributed by atoms with E-state index in [9.17, 15) is 4.79 Å². The molecule has 0 aliphatic carbocycles. The van der Waals surface area contributed by atoms with Crippen molar-refractivity contribution in [2.75, 3.05) is 26.3 Å². The lowest BCUT2D eigenvalue weighted by Gasteiger charge is -2.22. The summed E-state index contributed by atoms with van der Waals surface area (Å²) in [6.07, 6.45) is 5.58. The van der Waals surface area contributed by atoms with E-state index in [0.717, 1.165) is 17.8 Å². The lowest BCUT2D eigenvalue weighted by atomic mass is 10.0. The third kappa shape index (κ3) is 3.25. The van der Waals surface area contributed by atoms with Crippen molar-refractivity contribution >= 4 is 11.6 Å². The number of ether oxygens (including phenoxy) is 1. The van der Waals surface area contributed by atoms with Crippen molar-refractivity contribution in [1.29, 1.82) is 0 Å². The Morgan fingerprint density at radius 2 is 2.28 bits per heavy atom. The number of fused-ring (bicyclic) bond motifs is 1. The van der Waals surface area contributed by atoms with Crippen LogP contribution in [0.5, 0.6) is 0 Å². The van der Waals surface area contributed by atoms with Crippen molar-refractivity contribution in [2.45, 2.75) is 13.3 Å².